The summed E-state index contributed by atoms with van der Waals surface area (Å²) in [5.41, 5.74) is 3.81. The molecule has 0 aliphatic carbocycles. The lowest BCUT2D eigenvalue weighted by atomic mass is 10.1. The quantitative estimate of drug-likeness (QED) is 0.750. The van der Waals surface area contributed by atoms with E-state index in [1.54, 1.807) is 0 Å². The molecule has 0 saturated heterocycles. The maximum atomic E-state index is 5.78. The van der Waals surface area contributed by atoms with Crippen molar-refractivity contribution in [2.45, 2.75) is 20.5 Å². The molecular weight excluding hydrogens is 323 g/mol. The smallest absolute Gasteiger partial charge is 0.119 e. The molecule has 2 aromatic rings. The molecule has 0 bridgehead atoms. The highest BCUT2D eigenvalue weighted by atomic mass is 127. The maximum absolute atomic E-state index is 5.78. The van der Waals surface area contributed by atoms with Gasteiger partial charge in [0.25, 0.3) is 0 Å². The molecule has 2 heteroatoms. The molecule has 88 valence electrons. The second-order valence-electron chi connectivity index (χ2n) is 4.17. The first kappa shape index (κ1) is 12.4. The molecule has 0 aromatic heterocycles. The third kappa shape index (κ3) is 3.46. The summed E-state index contributed by atoms with van der Waals surface area (Å²) < 4.78 is 7.00. The van der Waals surface area contributed by atoms with Crippen LogP contribution in [-0.4, -0.2) is 0 Å². The van der Waals surface area contributed by atoms with Crippen molar-refractivity contribution in [1.29, 1.82) is 0 Å². The Bertz CT molecular complexity index is 503. The summed E-state index contributed by atoms with van der Waals surface area (Å²) in [6.07, 6.45) is 0. The van der Waals surface area contributed by atoms with Crippen LogP contribution >= 0.6 is 22.6 Å². The van der Waals surface area contributed by atoms with E-state index in [9.17, 15) is 0 Å². The molecule has 0 N–H and O–H groups in total. The molecule has 0 spiro atoms. The standard InChI is InChI=1S/C15H15IO/c1-11-3-4-12(2)13(9-11)10-17-15-7-5-14(16)6-8-15/h3-9H,10H2,1-2H3. The zero-order valence-corrected chi connectivity index (χ0v) is 12.2. The largest absolute Gasteiger partial charge is 0.489 e. The number of benzene rings is 2. The molecule has 0 amide bonds. The lowest BCUT2D eigenvalue weighted by Crippen LogP contribution is -1.98. The van der Waals surface area contributed by atoms with Crippen LogP contribution in [0, 0.1) is 17.4 Å². The summed E-state index contributed by atoms with van der Waals surface area (Å²) in [4.78, 5) is 0. The summed E-state index contributed by atoms with van der Waals surface area (Å²) >= 11 is 2.29. The number of aryl methyl sites for hydroxylation is 2. The first-order chi connectivity index (χ1) is 8.15. The normalized spacial score (nSPS) is 10.3. The van der Waals surface area contributed by atoms with Crippen LogP contribution in [-0.2, 0) is 6.61 Å². The average Bonchev–Trinajstić information content (AvgIpc) is 2.32. The van der Waals surface area contributed by atoms with Gasteiger partial charge in [-0.05, 0) is 71.8 Å². The summed E-state index contributed by atoms with van der Waals surface area (Å²) in [6.45, 7) is 4.86. The van der Waals surface area contributed by atoms with Gasteiger partial charge in [-0.1, -0.05) is 23.8 Å². The lowest BCUT2D eigenvalue weighted by Gasteiger charge is -2.09. The van der Waals surface area contributed by atoms with Crippen LogP contribution in [0.2, 0.25) is 0 Å². The van der Waals surface area contributed by atoms with E-state index in [2.05, 4.69) is 66.8 Å². The summed E-state index contributed by atoms with van der Waals surface area (Å²) in [7, 11) is 0. The van der Waals surface area contributed by atoms with E-state index in [1.807, 2.05) is 12.1 Å². The van der Waals surface area contributed by atoms with Gasteiger partial charge < -0.3 is 4.74 Å². The van der Waals surface area contributed by atoms with E-state index in [1.165, 1.54) is 20.3 Å². The Morgan fingerprint density at radius 2 is 1.71 bits per heavy atom. The molecule has 0 radical (unpaired) electrons. The van der Waals surface area contributed by atoms with Gasteiger partial charge in [-0.2, -0.15) is 0 Å². The molecule has 0 fully saturated rings. The molecule has 0 unspecified atom stereocenters. The minimum atomic E-state index is 0.633. The molecule has 2 rings (SSSR count). The molecule has 0 saturated carbocycles. The minimum absolute atomic E-state index is 0.633. The highest BCUT2D eigenvalue weighted by molar-refractivity contribution is 14.1. The summed E-state index contributed by atoms with van der Waals surface area (Å²) in [5.74, 6) is 0.923. The van der Waals surface area contributed by atoms with Crippen LogP contribution in [0.15, 0.2) is 42.5 Å². The van der Waals surface area contributed by atoms with Gasteiger partial charge in [-0.25, -0.2) is 0 Å². The van der Waals surface area contributed by atoms with Gasteiger partial charge in [-0.3, -0.25) is 0 Å². The van der Waals surface area contributed by atoms with Crippen LogP contribution in [0.5, 0.6) is 5.75 Å². The van der Waals surface area contributed by atoms with Crippen molar-refractivity contribution >= 4 is 22.6 Å². The van der Waals surface area contributed by atoms with Crippen molar-refractivity contribution in [3.05, 3.63) is 62.7 Å². The molecule has 1 nitrogen and oxygen atoms in total. The van der Waals surface area contributed by atoms with E-state index in [0.717, 1.165) is 5.75 Å². The van der Waals surface area contributed by atoms with Gasteiger partial charge in [0.15, 0.2) is 0 Å². The summed E-state index contributed by atoms with van der Waals surface area (Å²) in [5, 5.41) is 0. The van der Waals surface area contributed by atoms with Crippen molar-refractivity contribution < 1.29 is 4.74 Å². The van der Waals surface area contributed by atoms with Crippen molar-refractivity contribution in [3.63, 3.8) is 0 Å². The van der Waals surface area contributed by atoms with Crippen LogP contribution in [0.25, 0.3) is 0 Å². The van der Waals surface area contributed by atoms with E-state index in [4.69, 9.17) is 4.74 Å². The zero-order chi connectivity index (χ0) is 12.3. The molecule has 0 heterocycles. The predicted octanol–water partition coefficient (Wildman–Crippen LogP) is 4.49. The zero-order valence-electron chi connectivity index (χ0n) is 10.0. The van der Waals surface area contributed by atoms with Crippen LogP contribution in [0.1, 0.15) is 16.7 Å². The second kappa shape index (κ2) is 5.54. The molecule has 0 aliphatic rings. The fourth-order valence-electron chi connectivity index (χ4n) is 1.65. The Morgan fingerprint density at radius 1 is 1.00 bits per heavy atom. The van der Waals surface area contributed by atoms with Crippen LogP contribution in [0.3, 0.4) is 0 Å². The number of rotatable bonds is 3. The average molecular weight is 338 g/mol. The summed E-state index contributed by atoms with van der Waals surface area (Å²) in [6, 6.07) is 14.6. The van der Waals surface area contributed by atoms with E-state index in [-0.39, 0.29) is 0 Å². The Hall–Kier alpha value is -1.03. The van der Waals surface area contributed by atoms with Gasteiger partial charge in [0.1, 0.15) is 12.4 Å². The van der Waals surface area contributed by atoms with E-state index < -0.39 is 0 Å². The van der Waals surface area contributed by atoms with E-state index in [0.29, 0.717) is 6.61 Å². The Labute approximate surface area is 116 Å². The van der Waals surface area contributed by atoms with Crippen LogP contribution < -0.4 is 4.74 Å². The SMILES string of the molecule is Cc1ccc(C)c(COc2ccc(I)cc2)c1. The van der Waals surface area contributed by atoms with Gasteiger partial charge in [-0.15, -0.1) is 0 Å². The van der Waals surface area contributed by atoms with Gasteiger partial charge in [0.2, 0.25) is 0 Å². The maximum Gasteiger partial charge on any atom is 0.119 e. The van der Waals surface area contributed by atoms with E-state index >= 15 is 0 Å². The first-order valence-electron chi connectivity index (χ1n) is 5.59. The molecule has 0 atom stereocenters. The third-order valence-electron chi connectivity index (χ3n) is 2.71. The Morgan fingerprint density at radius 3 is 2.41 bits per heavy atom. The highest BCUT2D eigenvalue weighted by Crippen LogP contribution is 2.17. The van der Waals surface area contributed by atoms with Crippen LogP contribution in [0.4, 0.5) is 0 Å². The fraction of sp³-hybridized carbons (Fsp3) is 0.200. The Kier molecular flexibility index (Phi) is 4.05. The van der Waals surface area contributed by atoms with Crippen molar-refractivity contribution in [2.75, 3.05) is 0 Å². The van der Waals surface area contributed by atoms with Gasteiger partial charge >= 0.3 is 0 Å². The van der Waals surface area contributed by atoms with Gasteiger partial charge in [0, 0.05) is 3.57 Å². The first-order valence-corrected chi connectivity index (χ1v) is 6.67. The second-order valence-corrected chi connectivity index (χ2v) is 5.42. The highest BCUT2D eigenvalue weighted by Gasteiger charge is 2.00. The molecular formula is C15H15IO. The van der Waals surface area contributed by atoms with Gasteiger partial charge in [0.05, 0.1) is 0 Å². The predicted molar refractivity (Wildman–Crippen MR) is 79.4 cm³/mol. The lowest BCUT2D eigenvalue weighted by molar-refractivity contribution is 0.305. The van der Waals surface area contributed by atoms with Crippen molar-refractivity contribution in [1.82, 2.24) is 0 Å². The number of hydrogen-bond acceptors (Lipinski definition) is 1. The van der Waals surface area contributed by atoms with Crippen molar-refractivity contribution in [2.24, 2.45) is 0 Å². The Balaban J connectivity index is 2.07. The molecule has 17 heavy (non-hydrogen) atoms. The molecule has 0 aliphatic heterocycles. The number of halogens is 1. The number of ether oxygens (including phenoxy) is 1. The third-order valence-corrected chi connectivity index (χ3v) is 3.43. The fourth-order valence-corrected chi connectivity index (χ4v) is 2.01. The minimum Gasteiger partial charge on any atom is -0.489 e. The molecule has 2 aromatic carbocycles. The van der Waals surface area contributed by atoms with Crippen molar-refractivity contribution in [3.8, 4) is 5.75 Å². The topological polar surface area (TPSA) is 9.23 Å². The monoisotopic (exact) mass is 338 g/mol. The number of hydrogen-bond donors (Lipinski definition) is 0.